The van der Waals surface area contributed by atoms with Crippen molar-refractivity contribution in [2.24, 2.45) is 5.92 Å². The number of rotatable bonds is 7. The average molecular weight is 478 g/mol. The summed E-state index contributed by atoms with van der Waals surface area (Å²) in [7, 11) is 2.21. The van der Waals surface area contributed by atoms with Gasteiger partial charge in [-0.3, -0.25) is 0 Å². The van der Waals surface area contributed by atoms with E-state index in [2.05, 4.69) is 42.8 Å². The number of fused-ring (bicyclic) bond motifs is 1. The van der Waals surface area contributed by atoms with Crippen LogP contribution in [0.25, 0.3) is 22.4 Å². The van der Waals surface area contributed by atoms with Crippen molar-refractivity contribution in [2.75, 3.05) is 26.7 Å². The van der Waals surface area contributed by atoms with Crippen molar-refractivity contribution in [2.45, 2.75) is 32.1 Å². The van der Waals surface area contributed by atoms with E-state index in [9.17, 15) is 0 Å². The van der Waals surface area contributed by atoms with Gasteiger partial charge in [-0.15, -0.1) is 0 Å². The molecule has 3 aromatic rings. The zero-order valence-corrected chi connectivity index (χ0v) is 19.0. The highest BCUT2D eigenvalue weighted by Gasteiger charge is 2.16. The second kappa shape index (κ2) is 9.45. The lowest BCUT2D eigenvalue weighted by Gasteiger charge is -2.28. The molecule has 0 amide bonds. The molecule has 1 N–H and O–H groups in total. The molecule has 0 spiro atoms. The minimum atomic E-state index is 0.626. The lowest BCUT2D eigenvalue weighted by atomic mass is 9.92. The maximum atomic E-state index is 6.07. The van der Waals surface area contributed by atoms with Gasteiger partial charge in [0.15, 0.2) is 0 Å². The van der Waals surface area contributed by atoms with Gasteiger partial charge in [0.05, 0.1) is 17.6 Å². The number of imidazole rings is 1. The largest absolute Gasteiger partial charge is 0.478 e. The summed E-state index contributed by atoms with van der Waals surface area (Å²) < 4.78 is 6.79. The van der Waals surface area contributed by atoms with Crippen molar-refractivity contribution in [3.8, 4) is 17.3 Å². The quantitative estimate of drug-likeness (QED) is 0.428. The molecule has 1 saturated heterocycles. The van der Waals surface area contributed by atoms with E-state index in [0.717, 1.165) is 39.2 Å². The van der Waals surface area contributed by atoms with Gasteiger partial charge in [0.25, 0.3) is 0 Å². The monoisotopic (exact) mass is 476 g/mol. The number of piperidine rings is 1. The smallest absolute Gasteiger partial charge is 0.213 e. The van der Waals surface area contributed by atoms with Crippen molar-refractivity contribution in [3.63, 3.8) is 0 Å². The number of unbranched alkanes of at least 4 members (excludes halogenated alkanes) is 1. The van der Waals surface area contributed by atoms with Crippen LogP contribution < -0.4 is 4.74 Å². The molecule has 1 aromatic carbocycles. The molecule has 1 aliphatic rings. The fourth-order valence-electron chi connectivity index (χ4n) is 3.85. The summed E-state index contributed by atoms with van der Waals surface area (Å²) in [6.07, 6.45) is 8.00. The zero-order valence-electron chi connectivity index (χ0n) is 16.6. The molecule has 0 bridgehead atoms. The number of aromatic amines is 1. The first-order valence-corrected chi connectivity index (χ1v) is 11.4. The Labute approximate surface area is 185 Å². The first-order chi connectivity index (χ1) is 14.1. The van der Waals surface area contributed by atoms with Crippen LogP contribution in [0.5, 0.6) is 5.88 Å². The van der Waals surface area contributed by atoms with Gasteiger partial charge in [-0.25, -0.2) is 9.97 Å². The predicted molar refractivity (Wildman–Crippen MR) is 122 cm³/mol. The molecule has 0 saturated carbocycles. The normalized spacial score (nSPS) is 15.8. The standard InChI is InChI=1S/C22H26BrClN4O/c1-28-9-7-15(8-10-28)4-2-3-11-29-21-13-17(18(23)14-25-21)22-26-19-6-5-16(24)12-20(19)27-22/h5-6,12-15H,2-4,7-11H2,1H3,(H,26,27). The molecule has 4 rings (SSSR count). The fourth-order valence-corrected chi connectivity index (χ4v) is 4.42. The highest BCUT2D eigenvalue weighted by Crippen LogP contribution is 2.30. The molecule has 1 aliphatic heterocycles. The molecular formula is C22H26BrClN4O. The third kappa shape index (κ3) is 5.30. The molecule has 3 heterocycles. The van der Waals surface area contributed by atoms with Gasteiger partial charge in [-0.05, 0) is 85.9 Å². The number of halogens is 2. The van der Waals surface area contributed by atoms with Crippen molar-refractivity contribution >= 4 is 38.6 Å². The molecule has 0 aliphatic carbocycles. The number of hydrogen-bond donors (Lipinski definition) is 1. The van der Waals surface area contributed by atoms with E-state index < -0.39 is 0 Å². The number of H-pyrrole nitrogens is 1. The van der Waals surface area contributed by atoms with Gasteiger partial charge in [-0.2, -0.15) is 0 Å². The molecule has 0 unspecified atom stereocenters. The summed E-state index contributed by atoms with van der Waals surface area (Å²) in [6.45, 7) is 3.16. The second-order valence-corrected chi connectivity index (χ2v) is 9.13. The molecule has 2 aromatic heterocycles. The van der Waals surface area contributed by atoms with E-state index in [1.54, 1.807) is 6.20 Å². The number of hydrogen-bond acceptors (Lipinski definition) is 4. The maximum absolute atomic E-state index is 6.07. The number of pyridine rings is 1. The highest BCUT2D eigenvalue weighted by atomic mass is 79.9. The average Bonchev–Trinajstić information content (AvgIpc) is 3.13. The van der Waals surface area contributed by atoms with Gasteiger partial charge >= 0.3 is 0 Å². The third-order valence-corrected chi connectivity index (χ3v) is 6.49. The van der Waals surface area contributed by atoms with E-state index in [1.165, 1.54) is 38.8 Å². The zero-order chi connectivity index (χ0) is 20.2. The molecule has 154 valence electrons. The van der Waals surface area contributed by atoms with Crippen LogP contribution in [0, 0.1) is 5.92 Å². The van der Waals surface area contributed by atoms with Crippen molar-refractivity contribution in [1.29, 1.82) is 0 Å². The Morgan fingerprint density at radius 2 is 2.07 bits per heavy atom. The van der Waals surface area contributed by atoms with Crippen LogP contribution in [-0.4, -0.2) is 46.6 Å². The number of aromatic nitrogens is 3. The fraction of sp³-hybridized carbons (Fsp3) is 0.455. The number of benzene rings is 1. The van der Waals surface area contributed by atoms with Gasteiger partial charge in [0.2, 0.25) is 5.88 Å². The van der Waals surface area contributed by atoms with E-state index in [4.69, 9.17) is 16.3 Å². The molecule has 0 radical (unpaired) electrons. The first-order valence-electron chi connectivity index (χ1n) is 10.2. The lowest BCUT2D eigenvalue weighted by Crippen LogP contribution is -2.30. The summed E-state index contributed by atoms with van der Waals surface area (Å²) in [4.78, 5) is 14.8. The Morgan fingerprint density at radius 1 is 1.24 bits per heavy atom. The Kier molecular flexibility index (Phi) is 6.73. The van der Waals surface area contributed by atoms with Gasteiger partial charge in [0.1, 0.15) is 5.82 Å². The summed E-state index contributed by atoms with van der Waals surface area (Å²) in [6, 6.07) is 7.58. The Morgan fingerprint density at radius 3 is 2.90 bits per heavy atom. The van der Waals surface area contributed by atoms with Crippen LogP contribution in [-0.2, 0) is 0 Å². The molecule has 7 heteroatoms. The van der Waals surface area contributed by atoms with Crippen molar-refractivity contribution < 1.29 is 4.74 Å². The minimum Gasteiger partial charge on any atom is -0.478 e. The molecular weight excluding hydrogens is 452 g/mol. The Hall–Kier alpha value is -1.63. The summed E-state index contributed by atoms with van der Waals surface area (Å²) >= 11 is 9.65. The van der Waals surface area contributed by atoms with E-state index in [1.807, 2.05) is 24.3 Å². The molecule has 1 fully saturated rings. The second-order valence-electron chi connectivity index (χ2n) is 7.84. The number of nitrogens with one attached hydrogen (secondary N) is 1. The van der Waals surface area contributed by atoms with Crippen LogP contribution in [0.4, 0.5) is 0 Å². The van der Waals surface area contributed by atoms with Gasteiger partial charge < -0.3 is 14.6 Å². The lowest BCUT2D eigenvalue weighted by molar-refractivity contribution is 0.205. The van der Waals surface area contributed by atoms with Gasteiger partial charge in [-0.1, -0.05) is 18.0 Å². The SMILES string of the molecule is CN1CCC(CCCCOc2cc(-c3nc4cc(Cl)ccc4[nH]3)c(Br)cn2)CC1. The molecule has 5 nitrogen and oxygen atoms in total. The number of likely N-dealkylation sites (tertiary alicyclic amines) is 1. The van der Waals surface area contributed by atoms with E-state index >= 15 is 0 Å². The summed E-state index contributed by atoms with van der Waals surface area (Å²) in [5.41, 5.74) is 2.71. The number of nitrogens with zero attached hydrogens (tertiary/aromatic N) is 3. The summed E-state index contributed by atoms with van der Waals surface area (Å²) in [5, 5.41) is 0.675. The first kappa shape index (κ1) is 20.6. The van der Waals surface area contributed by atoms with Crippen LogP contribution in [0.15, 0.2) is 34.9 Å². The van der Waals surface area contributed by atoms with Crippen molar-refractivity contribution in [1.82, 2.24) is 19.9 Å². The summed E-state index contributed by atoms with van der Waals surface area (Å²) in [5.74, 6) is 2.27. The van der Waals surface area contributed by atoms with Crippen LogP contribution in [0.2, 0.25) is 5.02 Å². The Bertz CT molecular complexity index is 969. The van der Waals surface area contributed by atoms with Crippen molar-refractivity contribution in [3.05, 3.63) is 40.0 Å². The topological polar surface area (TPSA) is 54.0 Å². The number of ether oxygens (including phenoxy) is 1. The van der Waals surface area contributed by atoms with Crippen LogP contribution in [0.3, 0.4) is 0 Å². The van der Waals surface area contributed by atoms with Crippen LogP contribution >= 0.6 is 27.5 Å². The predicted octanol–water partition coefficient (Wildman–Crippen LogP) is 5.93. The third-order valence-electron chi connectivity index (χ3n) is 5.63. The van der Waals surface area contributed by atoms with E-state index in [-0.39, 0.29) is 0 Å². The van der Waals surface area contributed by atoms with E-state index in [0.29, 0.717) is 17.5 Å². The molecule has 0 atom stereocenters. The minimum absolute atomic E-state index is 0.626. The highest BCUT2D eigenvalue weighted by molar-refractivity contribution is 9.10. The maximum Gasteiger partial charge on any atom is 0.213 e. The molecule has 29 heavy (non-hydrogen) atoms. The van der Waals surface area contributed by atoms with Crippen LogP contribution in [0.1, 0.15) is 32.1 Å². The Balaban J connectivity index is 1.33. The van der Waals surface area contributed by atoms with Gasteiger partial charge in [0, 0.05) is 27.3 Å².